The molecule has 0 aliphatic carbocycles. The Kier molecular flexibility index (Phi) is 4.73. The van der Waals surface area contributed by atoms with Crippen molar-refractivity contribution < 1.29 is 9.59 Å². The van der Waals surface area contributed by atoms with Gasteiger partial charge in [0.2, 0.25) is 5.66 Å². The summed E-state index contributed by atoms with van der Waals surface area (Å²) in [6, 6.07) is 16.5. The Labute approximate surface area is 171 Å². The first-order valence-corrected chi connectivity index (χ1v) is 9.68. The van der Waals surface area contributed by atoms with Crippen molar-refractivity contribution in [3.8, 4) is 0 Å². The average molecular weight is 436 g/mol. The minimum Gasteiger partial charge on any atom is -0.320 e. The molecule has 2 heterocycles. The van der Waals surface area contributed by atoms with Crippen molar-refractivity contribution in [2.75, 3.05) is 0 Å². The normalized spacial score (nSPS) is 20.5. The molecule has 1 atom stereocenters. The van der Waals surface area contributed by atoms with Crippen LogP contribution in [0.3, 0.4) is 0 Å². The molecule has 0 radical (unpaired) electrons. The van der Waals surface area contributed by atoms with Crippen LogP contribution in [0.1, 0.15) is 22.8 Å². The van der Waals surface area contributed by atoms with Gasteiger partial charge in [-0.2, -0.15) is 0 Å². The maximum absolute atomic E-state index is 13.4. The number of aliphatic imine (C=N–C) groups is 1. The average Bonchev–Trinajstić information content (AvgIpc) is 2.96. The van der Waals surface area contributed by atoms with Gasteiger partial charge in [-0.15, -0.1) is 0 Å². The second-order valence-electron chi connectivity index (χ2n) is 6.84. The van der Waals surface area contributed by atoms with Crippen molar-refractivity contribution in [1.29, 1.82) is 0 Å². The van der Waals surface area contributed by atoms with Gasteiger partial charge in [-0.05, 0) is 48.4 Å². The van der Waals surface area contributed by atoms with Crippen LogP contribution in [0.25, 0.3) is 0 Å². The van der Waals surface area contributed by atoms with Crippen LogP contribution in [0.5, 0.6) is 0 Å². The molecule has 2 aromatic rings. The largest absolute Gasteiger partial charge is 0.320 e. The van der Waals surface area contributed by atoms with Gasteiger partial charge in [-0.1, -0.05) is 52.3 Å². The summed E-state index contributed by atoms with van der Waals surface area (Å²) in [6.07, 6.45) is 5.71. The monoisotopic (exact) mass is 435 g/mol. The fourth-order valence-electron chi connectivity index (χ4n) is 3.28. The smallest absolute Gasteiger partial charge is 0.281 e. The number of allylic oxidation sites excluding steroid dienone is 2. The van der Waals surface area contributed by atoms with Gasteiger partial charge in [-0.3, -0.25) is 14.5 Å². The van der Waals surface area contributed by atoms with Gasteiger partial charge in [0.05, 0.1) is 0 Å². The van der Waals surface area contributed by atoms with E-state index in [9.17, 15) is 9.59 Å². The Morgan fingerprint density at radius 2 is 1.82 bits per heavy atom. The van der Waals surface area contributed by atoms with Crippen molar-refractivity contribution in [3.05, 3.63) is 94.1 Å². The fourth-order valence-corrected chi connectivity index (χ4v) is 3.55. The number of benzene rings is 2. The fraction of sp³-hybridized carbons (Fsp3) is 0.136. The van der Waals surface area contributed by atoms with Crippen molar-refractivity contribution >= 4 is 33.6 Å². The molecule has 0 bridgehead atoms. The molecule has 2 aliphatic heterocycles. The van der Waals surface area contributed by atoms with Gasteiger partial charge in [-0.25, -0.2) is 4.99 Å². The van der Waals surface area contributed by atoms with Gasteiger partial charge in [0, 0.05) is 22.7 Å². The molecule has 2 amide bonds. The van der Waals surface area contributed by atoms with Gasteiger partial charge < -0.3 is 5.32 Å². The molecule has 0 saturated heterocycles. The molecule has 0 fully saturated rings. The molecular formula is C22H18BrN3O2. The predicted molar refractivity (Wildman–Crippen MR) is 112 cm³/mol. The molecule has 0 spiro atoms. The molecule has 4 rings (SSSR count). The number of rotatable bonds is 4. The minimum atomic E-state index is -1.39. The molecule has 0 unspecified atom stereocenters. The molecule has 140 valence electrons. The van der Waals surface area contributed by atoms with Crippen LogP contribution in [0.15, 0.2) is 88.0 Å². The van der Waals surface area contributed by atoms with E-state index in [1.54, 1.807) is 36.5 Å². The van der Waals surface area contributed by atoms with E-state index in [0.29, 0.717) is 11.4 Å². The summed E-state index contributed by atoms with van der Waals surface area (Å²) >= 11 is 3.42. The zero-order chi connectivity index (χ0) is 19.7. The van der Waals surface area contributed by atoms with Gasteiger partial charge in [0.25, 0.3) is 11.8 Å². The van der Waals surface area contributed by atoms with E-state index >= 15 is 0 Å². The molecule has 28 heavy (non-hydrogen) atoms. The SMILES string of the molecule is CC1=CN2C(=O)[C@@](Cc3ccc(Br)cc3)(NC(=O)c3ccccc3)N=C2C=C1. The first kappa shape index (κ1) is 18.4. The van der Waals surface area contributed by atoms with Crippen molar-refractivity contribution in [1.82, 2.24) is 10.2 Å². The number of nitrogens with zero attached hydrogens (tertiary/aromatic N) is 2. The summed E-state index contributed by atoms with van der Waals surface area (Å²) in [5.74, 6) is -0.0700. The number of amidine groups is 1. The van der Waals surface area contributed by atoms with Crippen LogP contribution in [0.4, 0.5) is 0 Å². The number of hydrogen-bond acceptors (Lipinski definition) is 3. The third-order valence-corrected chi connectivity index (χ3v) is 5.21. The first-order chi connectivity index (χ1) is 13.5. The Morgan fingerprint density at radius 3 is 2.54 bits per heavy atom. The topological polar surface area (TPSA) is 61.8 Å². The third kappa shape index (κ3) is 3.43. The Bertz CT molecular complexity index is 1030. The summed E-state index contributed by atoms with van der Waals surface area (Å²) in [6.45, 7) is 1.91. The Hall–Kier alpha value is -2.99. The minimum absolute atomic E-state index is 0.262. The Morgan fingerprint density at radius 1 is 1.11 bits per heavy atom. The first-order valence-electron chi connectivity index (χ1n) is 8.89. The lowest BCUT2D eigenvalue weighted by atomic mass is 9.98. The van der Waals surface area contributed by atoms with Gasteiger partial charge in [0.15, 0.2) is 0 Å². The molecule has 2 aromatic carbocycles. The lowest BCUT2D eigenvalue weighted by Gasteiger charge is -2.27. The highest BCUT2D eigenvalue weighted by Crippen LogP contribution is 2.29. The van der Waals surface area contributed by atoms with Crippen LogP contribution in [-0.2, 0) is 11.2 Å². The van der Waals surface area contributed by atoms with Crippen LogP contribution in [0, 0.1) is 0 Å². The quantitative estimate of drug-likeness (QED) is 0.792. The lowest BCUT2D eigenvalue weighted by Crippen LogP contribution is -2.55. The Balaban J connectivity index is 1.72. The second-order valence-corrected chi connectivity index (χ2v) is 7.75. The zero-order valence-electron chi connectivity index (χ0n) is 15.2. The van der Waals surface area contributed by atoms with Gasteiger partial charge in [0.1, 0.15) is 5.84 Å². The summed E-state index contributed by atoms with van der Waals surface area (Å²) in [7, 11) is 0. The zero-order valence-corrected chi connectivity index (χ0v) is 16.8. The standard InChI is InChI=1S/C22H18BrN3O2/c1-15-7-12-19-24-22(21(28)26(19)14-15,13-16-8-10-18(23)11-9-16)25-20(27)17-5-3-2-4-6-17/h2-12,14H,13H2,1H3,(H,25,27)/t22-/m1/s1. The maximum atomic E-state index is 13.4. The van der Waals surface area contributed by atoms with E-state index in [4.69, 9.17) is 0 Å². The number of halogens is 1. The summed E-state index contributed by atoms with van der Waals surface area (Å²) in [5.41, 5.74) is 0.944. The number of carbonyl (C=O) groups excluding carboxylic acids is 2. The van der Waals surface area contributed by atoms with Crippen molar-refractivity contribution in [3.63, 3.8) is 0 Å². The molecule has 1 N–H and O–H groups in total. The van der Waals surface area contributed by atoms with E-state index in [0.717, 1.165) is 15.6 Å². The van der Waals surface area contributed by atoms with Crippen LogP contribution >= 0.6 is 15.9 Å². The van der Waals surface area contributed by atoms with E-state index in [2.05, 4.69) is 26.2 Å². The van der Waals surface area contributed by atoms with Gasteiger partial charge >= 0.3 is 0 Å². The van der Waals surface area contributed by atoms with E-state index < -0.39 is 5.66 Å². The van der Waals surface area contributed by atoms with Crippen LogP contribution < -0.4 is 5.32 Å². The van der Waals surface area contributed by atoms with E-state index in [1.807, 2.05) is 43.3 Å². The lowest BCUT2D eigenvalue weighted by molar-refractivity contribution is -0.130. The van der Waals surface area contributed by atoms with E-state index in [-0.39, 0.29) is 18.2 Å². The maximum Gasteiger partial charge on any atom is 0.281 e. The number of carbonyl (C=O) groups is 2. The second kappa shape index (κ2) is 7.20. The molecule has 2 aliphatic rings. The predicted octanol–water partition coefficient (Wildman–Crippen LogP) is 3.83. The van der Waals surface area contributed by atoms with Crippen LogP contribution in [-0.4, -0.2) is 28.2 Å². The molecule has 0 saturated carbocycles. The summed E-state index contributed by atoms with van der Waals surface area (Å²) in [5, 5.41) is 2.90. The van der Waals surface area contributed by atoms with Crippen LogP contribution in [0.2, 0.25) is 0 Å². The van der Waals surface area contributed by atoms with Crippen molar-refractivity contribution in [2.45, 2.75) is 19.0 Å². The summed E-state index contributed by atoms with van der Waals surface area (Å²) in [4.78, 5) is 32.4. The molecular weight excluding hydrogens is 418 g/mol. The highest BCUT2D eigenvalue weighted by Gasteiger charge is 2.49. The molecule has 5 nitrogen and oxygen atoms in total. The number of hydrogen-bond donors (Lipinski definition) is 1. The van der Waals surface area contributed by atoms with Crippen molar-refractivity contribution in [2.24, 2.45) is 4.99 Å². The number of nitrogens with one attached hydrogen (secondary N) is 1. The molecule has 6 heteroatoms. The highest BCUT2D eigenvalue weighted by atomic mass is 79.9. The van der Waals surface area contributed by atoms with E-state index in [1.165, 1.54) is 4.90 Å². The number of fused-ring (bicyclic) bond motifs is 1. The highest BCUT2D eigenvalue weighted by molar-refractivity contribution is 9.10. The summed E-state index contributed by atoms with van der Waals surface area (Å²) < 4.78 is 0.946. The number of amides is 2. The molecule has 0 aromatic heterocycles. The third-order valence-electron chi connectivity index (χ3n) is 4.68.